The Labute approximate surface area is 66.4 Å². The fraction of sp³-hybridized carbons (Fsp3) is 0.714. The molecule has 4 heteroatoms. The van der Waals surface area contributed by atoms with Gasteiger partial charge in [0.15, 0.2) is 0 Å². The molecule has 0 aliphatic heterocycles. The highest BCUT2D eigenvalue weighted by atomic mass is 16.5. The normalized spacial score (nSPS) is 8.73. The molecule has 0 fully saturated rings. The van der Waals surface area contributed by atoms with Crippen LogP contribution < -0.4 is 5.32 Å². The van der Waals surface area contributed by atoms with Crippen molar-refractivity contribution in [3.63, 3.8) is 0 Å². The largest absolute Gasteiger partial charge is 0.385 e. The first kappa shape index (κ1) is 9.92. The van der Waals surface area contributed by atoms with Crippen molar-refractivity contribution < 1.29 is 9.53 Å². The molecule has 0 saturated carbocycles. The minimum absolute atomic E-state index is 0.0764. The number of amides is 1. The molecule has 0 aromatic heterocycles. The lowest BCUT2D eigenvalue weighted by Crippen LogP contribution is -2.26. The molecule has 4 nitrogen and oxygen atoms in total. The van der Waals surface area contributed by atoms with Crippen LogP contribution in [0.3, 0.4) is 0 Å². The molecule has 0 aliphatic carbocycles. The van der Waals surface area contributed by atoms with Crippen LogP contribution in [0.4, 0.5) is 0 Å². The Balaban J connectivity index is 3.12. The summed E-state index contributed by atoms with van der Waals surface area (Å²) in [6.45, 7) is 7.54. The fourth-order valence-electron chi connectivity index (χ4n) is 0.572. The molecule has 0 radical (unpaired) electrons. The van der Waals surface area contributed by atoms with Crippen LogP contribution in [0.15, 0.2) is 0 Å². The van der Waals surface area contributed by atoms with E-state index in [0.717, 1.165) is 6.42 Å². The van der Waals surface area contributed by atoms with Crippen LogP contribution in [0.5, 0.6) is 0 Å². The number of nitrogens with one attached hydrogen (secondary N) is 1. The predicted molar refractivity (Wildman–Crippen MR) is 41.0 cm³/mol. The highest BCUT2D eigenvalue weighted by Gasteiger charge is 2.00. The van der Waals surface area contributed by atoms with E-state index < -0.39 is 0 Å². The molecule has 0 aromatic carbocycles. The van der Waals surface area contributed by atoms with Crippen LogP contribution in [-0.2, 0) is 9.53 Å². The van der Waals surface area contributed by atoms with E-state index in [2.05, 4.69) is 10.2 Å². The predicted octanol–water partition coefficient (Wildman–Crippen LogP) is 0.0584. The van der Waals surface area contributed by atoms with Gasteiger partial charge in [-0.05, 0) is 6.42 Å². The second-order valence-electron chi connectivity index (χ2n) is 2.01. The smallest absolute Gasteiger partial charge is 0.300 e. The van der Waals surface area contributed by atoms with E-state index in [1.54, 1.807) is 7.11 Å². The molecule has 0 spiro atoms. The van der Waals surface area contributed by atoms with E-state index >= 15 is 0 Å². The molecule has 0 heterocycles. The molecule has 0 bridgehead atoms. The Morgan fingerprint density at radius 1 is 1.73 bits per heavy atom. The van der Waals surface area contributed by atoms with Gasteiger partial charge in [0.1, 0.15) is 0 Å². The van der Waals surface area contributed by atoms with Crippen molar-refractivity contribution in [2.45, 2.75) is 6.42 Å². The van der Waals surface area contributed by atoms with Crippen molar-refractivity contribution in [2.24, 2.45) is 0 Å². The van der Waals surface area contributed by atoms with Gasteiger partial charge < -0.3 is 14.9 Å². The van der Waals surface area contributed by atoms with Crippen molar-refractivity contribution in [1.29, 1.82) is 0 Å². The summed E-state index contributed by atoms with van der Waals surface area (Å²) in [6, 6.07) is 0. The van der Waals surface area contributed by atoms with Crippen molar-refractivity contribution in [2.75, 3.05) is 26.8 Å². The summed E-state index contributed by atoms with van der Waals surface area (Å²) in [4.78, 5) is 13.6. The van der Waals surface area contributed by atoms with Crippen molar-refractivity contribution in [3.05, 3.63) is 11.4 Å². The first-order chi connectivity index (χ1) is 5.31. The van der Waals surface area contributed by atoms with Crippen LogP contribution >= 0.6 is 0 Å². The molecule has 0 rings (SSSR count). The maximum Gasteiger partial charge on any atom is 0.300 e. The molecule has 62 valence electrons. The molecule has 0 unspecified atom stereocenters. The number of carbonyl (C=O) groups is 1. The molecule has 1 amide bonds. The van der Waals surface area contributed by atoms with Gasteiger partial charge in [0.05, 0.1) is 0 Å². The average Bonchev–Trinajstić information content (AvgIpc) is 1.99. The van der Waals surface area contributed by atoms with Gasteiger partial charge in [-0.2, -0.15) is 0 Å². The van der Waals surface area contributed by atoms with Crippen molar-refractivity contribution in [3.8, 4) is 0 Å². The number of ether oxygens (including phenoxy) is 1. The van der Waals surface area contributed by atoms with E-state index in [1.807, 2.05) is 0 Å². The summed E-state index contributed by atoms with van der Waals surface area (Å²) >= 11 is 0. The van der Waals surface area contributed by atoms with Crippen molar-refractivity contribution >= 4 is 5.91 Å². The lowest BCUT2D eigenvalue weighted by molar-refractivity contribution is -0.119. The van der Waals surface area contributed by atoms with Gasteiger partial charge >= 0.3 is 0 Å². The Morgan fingerprint density at radius 3 is 3.00 bits per heavy atom. The molecule has 0 aromatic rings. The molecule has 11 heavy (non-hydrogen) atoms. The Bertz CT molecular complexity index is 151. The number of methoxy groups -OCH3 is 1. The molecule has 1 N–H and O–H groups in total. The summed E-state index contributed by atoms with van der Waals surface area (Å²) < 4.78 is 4.77. The van der Waals surface area contributed by atoms with E-state index in [-0.39, 0.29) is 12.5 Å². The second kappa shape index (κ2) is 7.03. The Hall–Kier alpha value is -1.08. The number of nitrogens with zero attached hydrogens (tertiary/aromatic N) is 1. The molecule has 0 atom stereocenters. The van der Waals surface area contributed by atoms with Gasteiger partial charge in [0, 0.05) is 20.3 Å². The molecule has 0 aliphatic rings. The van der Waals surface area contributed by atoms with Crippen LogP contribution in [0.2, 0.25) is 0 Å². The SMILES string of the molecule is [C-]#[N+]CC(=O)NCCCOC. The van der Waals surface area contributed by atoms with E-state index in [9.17, 15) is 4.79 Å². The summed E-state index contributed by atoms with van der Waals surface area (Å²) in [5, 5.41) is 2.59. The van der Waals surface area contributed by atoms with Gasteiger partial charge in [0.25, 0.3) is 12.5 Å². The van der Waals surface area contributed by atoms with Gasteiger partial charge in [-0.3, -0.25) is 4.79 Å². The zero-order chi connectivity index (χ0) is 8.53. The minimum Gasteiger partial charge on any atom is -0.385 e. The number of carbonyl (C=O) groups excluding carboxylic acids is 1. The van der Waals surface area contributed by atoms with Gasteiger partial charge in [-0.1, -0.05) is 0 Å². The third-order valence-electron chi connectivity index (χ3n) is 1.07. The lowest BCUT2D eigenvalue weighted by atomic mass is 10.4. The third-order valence-corrected chi connectivity index (χ3v) is 1.07. The zero-order valence-corrected chi connectivity index (χ0v) is 6.59. The van der Waals surface area contributed by atoms with Gasteiger partial charge in [-0.25, -0.2) is 6.57 Å². The first-order valence-corrected chi connectivity index (χ1v) is 3.40. The monoisotopic (exact) mass is 156 g/mol. The van der Waals surface area contributed by atoms with Crippen LogP contribution in [-0.4, -0.2) is 32.7 Å². The van der Waals surface area contributed by atoms with Crippen LogP contribution in [0, 0.1) is 6.57 Å². The highest BCUT2D eigenvalue weighted by Crippen LogP contribution is 1.77. The highest BCUT2D eigenvalue weighted by molar-refractivity contribution is 5.79. The number of hydrogen-bond donors (Lipinski definition) is 1. The van der Waals surface area contributed by atoms with Crippen molar-refractivity contribution in [1.82, 2.24) is 5.32 Å². The fourth-order valence-corrected chi connectivity index (χ4v) is 0.572. The maximum absolute atomic E-state index is 10.6. The number of hydrogen-bond acceptors (Lipinski definition) is 2. The Kier molecular flexibility index (Phi) is 6.34. The van der Waals surface area contributed by atoms with Gasteiger partial charge in [-0.15, -0.1) is 0 Å². The Morgan fingerprint density at radius 2 is 2.45 bits per heavy atom. The standard InChI is InChI=1S/C7H12N2O2/c1-8-6-7(10)9-4-3-5-11-2/h3-6H2,2H3,(H,9,10). The number of rotatable bonds is 5. The van der Waals surface area contributed by atoms with Crippen LogP contribution in [0.1, 0.15) is 6.42 Å². The lowest BCUT2D eigenvalue weighted by Gasteiger charge is -1.99. The van der Waals surface area contributed by atoms with Gasteiger partial charge in [0.2, 0.25) is 0 Å². The quantitative estimate of drug-likeness (QED) is 0.451. The summed E-state index contributed by atoms with van der Waals surface area (Å²) in [7, 11) is 1.61. The summed E-state index contributed by atoms with van der Waals surface area (Å²) in [6.07, 6.45) is 0.792. The summed E-state index contributed by atoms with van der Waals surface area (Å²) in [5.41, 5.74) is 0. The topological polar surface area (TPSA) is 42.7 Å². The van der Waals surface area contributed by atoms with E-state index in [1.165, 1.54) is 0 Å². The van der Waals surface area contributed by atoms with E-state index in [4.69, 9.17) is 11.3 Å². The zero-order valence-electron chi connectivity index (χ0n) is 6.59. The average molecular weight is 156 g/mol. The third kappa shape index (κ3) is 6.81. The van der Waals surface area contributed by atoms with Crippen LogP contribution in [0.25, 0.3) is 4.85 Å². The molecular weight excluding hydrogens is 144 g/mol. The second-order valence-corrected chi connectivity index (χ2v) is 2.01. The molecular formula is C7H12N2O2. The van der Waals surface area contributed by atoms with E-state index in [0.29, 0.717) is 13.2 Å². The molecule has 0 saturated heterocycles. The summed E-state index contributed by atoms with van der Waals surface area (Å²) in [5.74, 6) is -0.212. The minimum atomic E-state index is -0.212. The first-order valence-electron chi connectivity index (χ1n) is 3.40. The maximum atomic E-state index is 10.6.